The van der Waals surface area contributed by atoms with Gasteiger partial charge in [0.15, 0.2) is 8.32 Å². The first-order chi connectivity index (χ1) is 12.5. The molecule has 0 amide bonds. The van der Waals surface area contributed by atoms with Gasteiger partial charge in [0, 0.05) is 6.61 Å². The number of carbonyl (C=O) groups is 1. The number of hydrogen-bond donors (Lipinski definition) is 1. The van der Waals surface area contributed by atoms with Crippen molar-refractivity contribution in [1.82, 2.24) is 0 Å². The fraction of sp³-hybridized carbons (Fsp3) is 0.600. The van der Waals surface area contributed by atoms with Gasteiger partial charge >= 0.3 is 5.97 Å². The Morgan fingerprint density at radius 1 is 1.26 bits per heavy atom. The fourth-order valence-electron chi connectivity index (χ4n) is 2.36. The number of carbonyl (C=O) groups excluding carboxylic acids is 1. The van der Waals surface area contributed by atoms with Crippen molar-refractivity contribution in [2.45, 2.75) is 64.2 Å². The highest BCUT2D eigenvalue weighted by Crippen LogP contribution is 2.37. The van der Waals surface area contributed by atoms with Crippen LogP contribution in [0.2, 0.25) is 18.1 Å². The largest absolute Gasteiger partial charge is 0.463 e. The lowest BCUT2D eigenvalue weighted by atomic mass is 9.94. The van der Waals surface area contributed by atoms with E-state index in [0.717, 1.165) is 5.06 Å². The maximum atomic E-state index is 12.6. The van der Waals surface area contributed by atoms with E-state index in [1.807, 2.05) is 6.07 Å². The lowest BCUT2D eigenvalue weighted by molar-refractivity contribution is -0.150. The van der Waals surface area contributed by atoms with E-state index in [4.69, 9.17) is 9.16 Å². The van der Waals surface area contributed by atoms with E-state index in [0.29, 0.717) is 18.7 Å². The zero-order valence-electron chi connectivity index (χ0n) is 17.3. The van der Waals surface area contributed by atoms with Crippen molar-refractivity contribution >= 4 is 20.0 Å². The molecule has 0 aromatic heterocycles. The summed E-state index contributed by atoms with van der Waals surface area (Å²) < 4.78 is 11.2. The average molecular weight is 393 g/mol. The molecule has 6 nitrogen and oxygen atoms in total. The van der Waals surface area contributed by atoms with E-state index in [1.165, 1.54) is 0 Å². The number of para-hydroxylation sites is 1. The lowest BCUT2D eigenvalue weighted by Gasteiger charge is -2.37. The molecule has 0 unspecified atom stereocenters. The van der Waals surface area contributed by atoms with E-state index in [2.05, 4.69) is 33.9 Å². The van der Waals surface area contributed by atoms with Crippen LogP contribution >= 0.6 is 0 Å². The molecule has 27 heavy (non-hydrogen) atoms. The van der Waals surface area contributed by atoms with Crippen molar-refractivity contribution in [3.05, 3.63) is 30.3 Å². The minimum Gasteiger partial charge on any atom is -0.463 e. The molecule has 0 saturated heterocycles. The number of ether oxygens (including phenoxy) is 1. The molecule has 0 aliphatic rings. The zero-order chi connectivity index (χ0) is 20.7. The van der Waals surface area contributed by atoms with Crippen LogP contribution in [0, 0.1) is 11.3 Å². The first-order valence-electron chi connectivity index (χ1n) is 9.28. The number of nitrogens with zero attached hydrogens (tertiary/aromatic N) is 2. The van der Waals surface area contributed by atoms with Crippen LogP contribution in [0.25, 0.3) is 0 Å². The molecule has 0 saturated carbocycles. The summed E-state index contributed by atoms with van der Waals surface area (Å²) in [5.74, 6) is -0.758. The second kappa shape index (κ2) is 9.35. The van der Waals surface area contributed by atoms with Gasteiger partial charge in [0.05, 0.1) is 12.3 Å². The Morgan fingerprint density at radius 2 is 1.85 bits per heavy atom. The summed E-state index contributed by atoms with van der Waals surface area (Å²) in [5, 5.41) is 21.3. The number of hydrogen-bond acceptors (Lipinski definition) is 6. The van der Waals surface area contributed by atoms with E-state index < -0.39 is 19.8 Å². The van der Waals surface area contributed by atoms with Crippen molar-refractivity contribution in [3.8, 4) is 6.07 Å². The van der Waals surface area contributed by atoms with Gasteiger partial charge in [-0.1, -0.05) is 39.0 Å². The third kappa shape index (κ3) is 5.55. The second-order valence-electron chi connectivity index (χ2n) is 8.05. The number of rotatable bonds is 9. The summed E-state index contributed by atoms with van der Waals surface area (Å²) in [7, 11) is -1.92. The van der Waals surface area contributed by atoms with Crippen LogP contribution in [0.3, 0.4) is 0 Å². The van der Waals surface area contributed by atoms with Crippen LogP contribution in [0.5, 0.6) is 0 Å². The zero-order valence-corrected chi connectivity index (χ0v) is 18.3. The molecule has 150 valence electrons. The highest BCUT2D eigenvalue weighted by atomic mass is 28.4. The Balaban J connectivity index is 2.96. The van der Waals surface area contributed by atoms with E-state index in [1.54, 1.807) is 37.3 Å². The molecule has 1 rings (SSSR count). The smallest absolute Gasteiger partial charge is 0.349 e. The normalized spacial score (nSPS) is 14.1. The Hall–Kier alpha value is -1.88. The summed E-state index contributed by atoms with van der Waals surface area (Å²) in [6.45, 7) is 13.0. The molecule has 0 aliphatic heterocycles. The number of benzene rings is 1. The molecule has 0 heterocycles. The van der Waals surface area contributed by atoms with Crippen LogP contribution in [-0.4, -0.2) is 38.2 Å². The van der Waals surface area contributed by atoms with Crippen LogP contribution in [-0.2, 0) is 14.0 Å². The summed E-state index contributed by atoms with van der Waals surface area (Å²) in [4.78, 5) is 12.6. The molecule has 0 radical (unpaired) electrons. The van der Waals surface area contributed by atoms with Crippen molar-refractivity contribution in [1.29, 1.82) is 5.26 Å². The fourth-order valence-corrected chi connectivity index (χ4v) is 3.44. The van der Waals surface area contributed by atoms with Gasteiger partial charge < -0.3 is 9.16 Å². The van der Waals surface area contributed by atoms with Gasteiger partial charge in [0.1, 0.15) is 6.07 Å². The molecule has 1 N–H and O–H groups in total. The Labute approximate surface area is 163 Å². The van der Waals surface area contributed by atoms with Crippen molar-refractivity contribution in [2.75, 3.05) is 18.3 Å². The van der Waals surface area contributed by atoms with Crippen LogP contribution in [0.1, 0.15) is 40.5 Å². The highest BCUT2D eigenvalue weighted by Gasteiger charge is 2.46. The SMILES string of the molecule is CCOC(=O)[C@@](C#N)(CCCO[Si](C)(C)C(C)(C)C)N(O)c1ccccc1. The third-order valence-corrected chi connectivity index (χ3v) is 9.65. The summed E-state index contributed by atoms with van der Waals surface area (Å²) in [6, 6.07) is 10.5. The Bertz CT molecular complexity index is 652. The first-order valence-corrected chi connectivity index (χ1v) is 12.2. The third-order valence-electron chi connectivity index (χ3n) is 5.11. The van der Waals surface area contributed by atoms with Crippen LogP contribution in [0.15, 0.2) is 30.3 Å². The van der Waals surface area contributed by atoms with Gasteiger partial charge in [0.25, 0.3) is 0 Å². The number of esters is 1. The second-order valence-corrected chi connectivity index (χ2v) is 12.9. The molecule has 1 aromatic rings. The molecular formula is C20H32N2O4Si. The van der Waals surface area contributed by atoms with Gasteiger partial charge in [-0.15, -0.1) is 0 Å². The molecule has 7 heteroatoms. The minimum atomic E-state index is -1.92. The molecule has 0 fully saturated rings. The Kier molecular flexibility index (Phi) is 8.02. The standard InChI is InChI=1S/C20H32N2O4Si/c1-7-25-18(23)20(16-21,22(24)17-12-9-8-10-13-17)14-11-15-26-27(5,6)19(2,3)4/h8-10,12-13,24H,7,11,14-15H2,1-6H3/t20-/m0/s1. The highest BCUT2D eigenvalue weighted by molar-refractivity contribution is 6.74. The number of anilines is 1. The first kappa shape index (κ1) is 23.2. The van der Waals surface area contributed by atoms with Gasteiger partial charge in [0.2, 0.25) is 5.54 Å². The van der Waals surface area contributed by atoms with Crippen molar-refractivity contribution in [3.63, 3.8) is 0 Å². The maximum Gasteiger partial charge on any atom is 0.349 e. The maximum absolute atomic E-state index is 12.6. The molecule has 1 atom stereocenters. The van der Waals surface area contributed by atoms with E-state index >= 15 is 0 Å². The summed E-state index contributed by atoms with van der Waals surface area (Å²) >= 11 is 0. The minimum absolute atomic E-state index is 0.0769. The van der Waals surface area contributed by atoms with Gasteiger partial charge in [-0.05, 0) is 50.0 Å². The van der Waals surface area contributed by atoms with Crippen LogP contribution < -0.4 is 5.06 Å². The van der Waals surface area contributed by atoms with Crippen molar-refractivity contribution in [2.24, 2.45) is 0 Å². The average Bonchev–Trinajstić information content (AvgIpc) is 2.61. The quantitative estimate of drug-likeness (QED) is 0.288. The monoisotopic (exact) mass is 392 g/mol. The van der Waals surface area contributed by atoms with Crippen molar-refractivity contribution < 1.29 is 19.2 Å². The molecular weight excluding hydrogens is 360 g/mol. The topological polar surface area (TPSA) is 82.8 Å². The number of hydroxylamine groups is 1. The molecule has 0 bridgehead atoms. The molecule has 1 aromatic carbocycles. The van der Waals surface area contributed by atoms with Gasteiger partial charge in [-0.3, -0.25) is 5.21 Å². The van der Waals surface area contributed by atoms with Gasteiger partial charge in [-0.25, -0.2) is 9.86 Å². The van der Waals surface area contributed by atoms with Gasteiger partial charge in [-0.2, -0.15) is 5.26 Å². The summed E-state index contributed by atoms with van der Waals surface area (Å²) in [6.07, 6.45) is 0.547. The predicted octanol–water partition coefficient (Wildman–Crippen LogP) is 4.51. The molecule has 0 aliphatic carbocycles. The Morgan fingerprint density at radius 3 is 2.33 bits per heavy atom. The summed E-state index contributed by atoms with van der Waals surface area (Å²) in [5.41, 5.74) is -1.45. The molecule has 0 spiro atoms. The van der Waals surface area contributed by atoms with E-state index in [-0.39, 0.29) is 18.1 Å². The number of nitriles is 1. The van der Waals surface area contributed by atoms with E-state index in [9.17, 15) is 15.3 Å². The van der Waals surface area contributed by atoms with Crippen LogP contribution in [0.4, 0.5) is 5.69 Å². The predicted molar refractivity (Wildman–Crippen MR) is 108 cm³/mol. The lowest BCUT2D eigenvalue weighted by Crippen LogP contribution is -2.54.